The van der Waals surface area contributed by atoms with E-state index in [9.17, 15) is 4.79 Å². The second-order valence-corrected chi connectivity index (χ2v) is 9.34. The molecule has 1 aliphatic heterocycles. The molecule has 1 aliphatic rings. The first-order chi connectivity index (χ1) is 16.5. The molecule has 1 saturated heterocycles. The Morgan fingerprint density at radius 3 is 2.53 bits per heavy atom. The fraction of sp³-hybridized carbons (Fsp3) is 0.481. The maximum Gasteiger partial charge on any atom is 0.220 e. The van der Waals surface area contributed by atoms with Crippen molar-refractivity contribution >= 4 is 11.7 Å². The normalized spacial score (nSPS) is 14.7. The summed E-state index contributed by atoms with van der Waals surface area (Å²) in [6.45, 7) is 8.21. The summed E-state index contributed by atoms with van der Waals surface area (Å²) in [6, 6.07) is 12.6. The lowest BCUT2D eigenvalue weighted by atomic mass is 10.1. The van der Waals surface area contributed by atoms with Crippen LogP contribution in [0.5, 0.6) is 0 Å². The molecule has 3 heterocycles. The number of carbonyl (C=O) groups excluding carboxylic acids is 1. The van der Waals surface area contributed by atoms with Crippen LogP contribution in [-0.2, 0) is 17.6 Å². The van der Waals surface area contributed by atoms with Crippen LogP contribution in [0.3, 0.4) is 0 Å². The molecule has 7 heteroatoms. The van der Waals surface area contributed by atoms with Crippen LogP contribution in [0.2, 0.25) is 0 Å². The number of hydrogen-bond donors (Lipinski definition) is 1. The monoisotopic (exact) mass is 460 g/mol. The average Bonchev–Trinajstić information content (AvgIpc) is 3.15. The highest BCUT2D eigenvalue weighted by Gasteiger charge is 2.18. The third-order valence-electron chi connectivity index (χ3n) is 6.69. The average molecular weight is 461 g/mol. The summed E-state index contributed by atoms with van der Waals surface area (Å²) >= 11 is 0. The van der Waals surface area contributed by atoms with Crippen molar-refractivity contribution in [1.82, 2.24) is 25.1 Å². The third kappa shape index (κ3) is 6.01. The topological polar surface area (TPSA) is 75.9 Å². The molecule has 4 rings (SSSR count). The summed E-state index contributed by atoms with van der Waals surface area (Å²) in [7, 11) is 0. The van der Waals surface area contributed by atoms with E-state index in [-0.39, 0.29) is 11.9 Å². The smallest absolute Gasteiger partial charge is 0.220 e. The molecule has 0 saturated carbocycles. The molecule has 0 unspecified atom stereocenters. The number of anilines is 1. The van der Waals surface area contributed by atoms with E-state index in [2.05, 4.69) is 58.3 Å². The second-order valence-electron chi connectivity index (χ2n) is 9.34. The van der Waals surface area contributed by atoms with E-state index in [1.807, 2.05) is 23.7 Å². The number of aromatic nitrogens is 4. The highest BCUT2D eigenvalue weighted by atomic mass is 16.1. The lowest BCUT2D eigenvalue weighted by Crippen LogP contribution is -2.33. The van der Waals surface area contributed by atoms with Crippen LogP contribution < -0.4 is 10.2 Å². The number of benzene rings is 1. The van der Waals surface area contributed by atoms with E-state index in [1.54, 1.807) is 6.33 Å². The van der Waals surface area contributed by atoms with Gasteiger partial charge in [0.05, 0.1) is 5.69 Å². The maximum atomic E-state index is 12.6. The van der Waals surface area contributed by atoms with Gasteiger partial charge in [0, 0.05) is 37.3 Å². The molecule has 3 aromatic rings. The van der Waals surface area contributed by atoms with Crippen molar-refractivity contribution in [2.24, 2.45) is 0 Å². The molecule has 1 fully saturated rings. The first-order valence-electron chi connectivity index (χ1n) is 12.5. The summed E-state index contributed by atoms with van der Waals surface area (Å²) in [5, 5.41) is 7.89. The Balaban J connectivity index is 1.35. The zero-order valence-electron chi connectivity index (χ0n) is 20.6. The number of piperidine rings is 1. The van der Waals surface area contributed by atoms with Crippen LogP contribution >= 0.6 is 0 Å². The highest BCUT2D eigenvalue weighted by molar-refractivity contribution is 5.76. The number of nitrogens with zero attached hydrogens (tertiary/aromatic N) is 5. The van der Waals surface area contributed by atoms with Crippen molar-refractivity contribution < 1.29 is 4.79 Å². The number of carbonyl (C=O) groups is 1. The molecule has 0 bridgehead atoms. The Labute approximate surface area is 202 Å². The van der Waals surface area contributed by atoms with Crippen LogP contribution in [0.15, 0.2) is 42.7 Å². The highest BCUT2D eigenvalue weighted by Crippen LogP contribution is 2.22. The minimum absolute atomic E-state index is 0.0848. The maximum absolute atomic E-state index is 12.6. The summed E-state index contributed by atoms with van der Waals surface area (Å²) in [4.78, 5) is 23.9. The summed E-state index contributed by atoms with van der Waals surface area (Å²) < 4.78 is 1.89. The van der Waals surface area contributed by atoms with Crippen LogP contribution in [-0.4, -0.2) is 44.8 Å². The molecule has 1 amide bonds. The number of nitrogens with one attached hydrogen (secondary N) is 1. The molecular weight excluding hydrogens is 424 g/mol. The van der Waals surface area contributed by atoms with Gasteiger partial charge in [0.2, 0.25) is 5.91 Å². The fourth-order valence-corrected chi connectivity index (χ4v) is 4.69. The molecule has 0 aliphatic carbocycles. The molecule has 180 valence electrons. The van der Waals surface area contributed by atoms with Crippen LogP contribution in [0, 0.1) is 13.8 Å². The molecule has 1 aromatic carbocycles. The predicted octanol–water partition coefficient (Wildman–Crippen LogP) is 4.34. The van der Waals surface area contributed by atoms with E-state index >= 15 is 0 Å². The molecule has 34 heavy (non-hydrogen) atoms. The lowest BCUT2D eigenvalue weighted by molar-refractivity contribution is -0.121. The van der Waals surface area contributed by atoms with Gasteiger partial charge in [-0.15, -0.1) is 0 Å². The van der Waals surface area contributed by atoms with Crippen LogP contribution in [0.25, 0.3) is 5.82 Å². The minimum Gasteiger partial charge on any atom is -0.356 e. The Bertz CT molecular complexity index is 1090. The van der Waals surface area contributed by atoms with Crippen molar-refractivity contribution in [3.05, 3.63) is 65.2 Å². The molecule has 1 atom stereocenters. The largest absolute Gasteiger partial charge is 0.356 e. The molecule has 1 N–H and O–H groups in total. The van der Waals surface area contributed by atoms with E-state index in [0.29, 0.717) is 12.8 Å². The third-order valence-corrected chi connectivity index (χ3v) is 6.69. The summed E-state index contributed by atoms with van der Waals surface area (Å²) in [6.07, 6.45) is 8.33. The number of aryl methyl sites for hydroxylation is 2. The zero-order valence-corrected chi connectivity index (χ0v) is 20.6. The molecule has 7 nitrogen and oxygen atoms in total. The molecule has 0 spiro atoms. The standard InChI is InChI=1S/C27H36N6O/c1-20(12-13-23-10-6-4-7-11-23)30-27(34)15-14-24-21(2)31-33(22(24)3)26-18-25(28-19-29-26)32-16-8-5-9-17-32/h4,6-7,10-11,18-20H,5,8-9,12-17H2,1-3H3,(H,30,34)/t20-/m1/s1. The van der Waals surface area contributed by atoms with Gasteiger partial charge in [-0.1, -0.05) is 30.3 Å². The number of rotatable bonds is 9. The van der Waals surface area contributed by atoms with Crippen molar-refractivity contribution in [2.75, 3.05) is 18.0 Å². The Morgan fingerprint density at radius 1 is 1.03 bits per heavy atom. The van der Waals surface area contributed by atoms with Gasteiger partial charge >= 0.3 is 0 Å². The zero-order chi connectivity index (χ0) is 23.9. The summed E-state index contributed by atoms with van der Waals surface area (Å²) in [5.74, 6) is 1.82. The van der Waals surface area contributed by atoms with E-state index in [4.69, 9.17) is 5.10 Å². The Hall–Kier alpha value is -3.22. The molecule has 0 radical (unpaired) electrons. The fourth-order valence-electron chi connectivity index (χ4n) is 4.69. The Morgan fingerprint density at radius 2 is 1.76 bits per heavy atom. The van der Waals surface area contributed by atoms with Crippen molar-refractivity contribution in [2.45, 2.75) is 71.8 Å². The van der Waals surface area contributed by atoms with Crippen molar-refractivity contribution in [3.8, 4) is 5.82 Å². The van der Waals surface area contributed by atoms with Gasteiger partial charge in [0.25, 0.3) is 0 Å². The van der Waals surface area contributed by atoms with E-state index in [1.165, 1.54) is 24.8 Å². The quantitative estimate of drug-likeness (QED) is 0.514. The predicted molar refractivity (Wildman–Crippen MR) is 135 cm³/mol. The first-order valence-corrected chi connectivity index (χ1v) is 12.5. The van der Waals surface area contributed by atoms with Crippen molar-refractivity contribution in [3.63, 3.8) is 0 Å². The SMILES string of the molecule is Cc1nn(-c2cc(N3CCCCC3)ncn2)c(C)c1CCC(=O)N[C@H](C)CCc1ccccc1. The van der Waals surface area contributed by atoms with Gasteiger partial charge in [-0.3, -0.25) is 4.79 Å². The summed E-state index contributed by atoms with van der Waals surface area (Å²) in [5.41, 5.74) is 4.40. The van der Waals surface area contributed by atoms with Gasteiger partial charge in [0.1, 0.15) is 12.1 Å². The number of amides is 1. The first kappa shape index (κ1) is 23.9. The van der Waals surface area contributed by atoms with Crippen LogP contribution in [0.1, 0.15) is 61.5 Å². The molecule has 2 aromatic heterocycles. The van der Waals surface area contributed by atoms with E-state index < -0.39 is 0 Å². The minimum atomic E-state index is 0.0848. The van der Waals surface area contributed by atoms with Gasteiger partial charge in [-0.25, -0.2) is 14.6 Å². The van der Waals surface area contributed by atoms with Gasteiger partial charge in [-0.05, 0) is 70.4 Å². The van der Waals surface area contributed by atoms with Crippen molar-refractivity contribution in [1.29, 1.82) is 0 Å². The van der Waals surface area contributed by atoms with Crippen LogP contribution in [0.4, 0.5) is 5.82 Å². The molecular formula is C27H36N6O. The second kappa shape index (κ2) is 11.3. The van der Waals surface area contributed by atoms with E-state index in [0.717, 1.165) is 54.5 Å². The lowest BCUT2D eigenvalue weighted by Gasteiger charge is -2.27. The van der Waals surface area contributed by atoms with Gasteiger partial charge in [0.15, 0.2) is 5.82 Å². The number of hydrogen-bond acceptors (Lipinski definition) is 5. The Kier molecular flexibility index (Phi) is 7.93. The van der Waals surface area contributed by atoms with Gasteiger partial charge < -0.3 is 10.2 Å². The van der Waals surface area contributed by atoms with Gasteiger partial charge in [-0.2, -0.15) is 5.10 Å².